The fourth-order valence-electron chi connectivity index (χ4n) is 3.13. The molecule has 0 saturated heterocycles. The quantitative estimate of drug-likeness (QED) is 0.560. The molecule has 0 saturated carbocycles. The Morgan fingerprint density at radius 1 is 1.12 bits per heavy atom. The van der Waals surface area contributed by atoms with Gasteiger partial charge in [-0.2, -0.15) is 0 Å². The Kier molecular flexibility index (Phi) is 6.31. The summed E-state index contributed by atoms with van der Waals surface area (Å²) in [6.07, 6.45) is 0.667. The molecule has 2 unspecified atom stereocenters. The van der Waals surface area contributed by atoms with Gasteiger partial charge in [-0.15, -0.1) is 10.2 Å². The van der Waals surface area contributed by atoms with Gasteiger partial charge in [-0.3, -0.25) is 14.9 Å². The second-order valence-electron chi connectivity index (χ2n) is 7.31. The third kappa shape index (κ3) is 4.70. The van der Waals surface area contributed by atoms with Crippen LogP contribution in [0.1, 0.15) is 30.6 Å². The largest absolute Gasteiger partial charge is 0.454 e. The van der Waals surface area contributed by atoms with Crippen LogP contribution in [0.3, 0.4) is 0 Å². The van der Waals surface area contributed by atoms with E-state index in [9.17, 15) is 14.0 Å². The lowest BCUT2D eigenvalue weighted by Gasteiger charge is -2.23. The molecule has 0 bridgehead atoms. The Hall–Kier alpha value is -3.53. The number of hydrogen-bond acceptors (Lipinski definition) is 7. The molecule has 0 radical (unpaired) electrons. The van der Waals surface area contributed by atoms with Crippen LogP contribution in [-0.4, -0.2) is 34.8 Å². The molecular weight excluding hydrogens is 435 g/mol. The van der Waals surface area contributed by atoms with Crippen LogP contribution in [0.25, 0.3) is 10.6 Å². The molecule has 2 heterocycles. The highest BCUT2D eigenvalue weighted by Gasteiger charge is 2.27. The molecule has 2 atom stereocenters. The summed E-state index contributed by atoms with van der Waals surface area (Å²) in [6.45, 7) is 3.97. The van der Waals surface area contributed by atoms with E-state index in [-0.39, 0.29) is 18.3 Å². The van der Waals surface area contributed by atoms with Gasteiger partial charge in [0, 0.05) is 11.1 Å². The van der Waals surface area contributed by atoms with Crippen molar-refractivity contribution in [3.05, 3.63) is 53.8 Å². The summed E-state index contributed by atoms with van der Waals surface area (Å²) < 4.78 is 23.8. The van der Waals surface area contributed by atoms with E-state index in [1.54, 1.807) is 12.1 Å². The molecule has 1 aromatic heterocycles. The molecule has 1 aliphatic heterocycles. The van der Waals surface area contributed by atoms with Crippen LogP contribution >= 0.6 is 11.3 Å². The van der Waals surface area contributed by atoms with Crippen molar-refractivity contribution in [2.24, 2.45) is 5.92 Å². The summed E-state index contributed by atoms with van der Waals surface area (Å²) >= 11 is 1.21. The number of amides is 2. The standard InChI is InChI=1S/C22H21FN4O4S/c1-3-12(2)18(24-19(28)13-4-7-15(23)8-5-13)20(29)25-22-27-26-21(32-22)14-6-9-16-17(10-14)31-11-30-16/h4-10,12,18H,3,11H2,1-2H3,(H,24,28)(H,25,27,29). The zero-order chi connectivity index (χ0) is 22.7. The number of carbonyl (C=O) groups is 2. The number of aromatic nitrogens is 2. The number of rotatable bonds is 7. The molecule has 4 rings (SSSR count). The fraction of sp³-hybridized carbons (Fsp3) is 0.273. The van der Waals surface area contributed by atoms with Gasteiger partial charge in [0.2, 0.25) is 17.8 Å². The number of nitrogens with zero attached hydrogens (tertiary/aromatic N) is 2. The zero-order valence-corrected chi connectivity index (χ0v) is 18.2. The van der Waals surface area contributed by atoms with Crippen molar-refractivity contribution in [1.29, 1.82) is 0 Å². The van der Waals surface area contributed by atoms with E-state index in [4.69, 9.17) is 9.47 Å². The second-order valence-corrected chi connectivity index (χ2v) is 8.29. The molecule has 2 N–H and O–H groups in total. The van der Waals surface area contributed by atoms with E-state index < -0.39 is 23.7 Å². The predicted octanol–water partition coefficient (Wildman–Crippen LogP) is 3.86. The van der Waals surface area contributed by atoms with Gasteiger partial charge in [0.25, 0.3) is 5.91 Å². The number of fused-ring (bicyclic) bond motifs is 1. The van der Waals surface area contributed by atoms with Crippen molar-refractivity contribution in [3.8, 4) is 22.1 Å². The van der Waals surface area contributed by atoms with Crippen LogP contribution in [0.5, 0.6) is 11.5 Å². The van der Waals surface area contributed by atoms with Crippen LogP contribution in [0.4, 0.5) is 9.52 Å². The van der Waals surface area contributed by atoms with Crippen LogP contribution in [-0.2, 0) is 4.79 Å². The van der Waals surface area contributed by atoms with Gasteiger partial charge in [0.15, 0.2) is 11.5 Å². The lowest BCUT2D eigenvalue weighted by atomic mass is 9.98. The fourth-order valence-corrected chi connectivity index (χ4v) is 3.87. The average Bonchev–Trinajstić information content (AvgIpc) is 3.46. The third-order valence-corrected chi connectivity index (χ3v) is 6.05. The summed E-state index contributed by atoms with van der Waals surface area (Å²) in [4.78, 5) is 25.5. The van der Waals surface area contributed by atoms with Crippen LogP contribution < -0.4 is 20.1 Å². The van der Waals surface area contributed by atoms with Crippen molar-refractivity contribution in [3.63, 3.8) is 0 Å². The molecular formula is C22H21FN4O4S. The SMILES string of the molecule is CCC(C)C(NC(=O)c1ccc(F)cc1)C(=O)Nc1nnc(-c2ccc3c(c2)OCO3)s1. The van der Waals surface area contributed by atoms with E-state index in [0.717, 1.165) is 5.56 Å². The Bertz CT molecular complexity index is 1140. The van der Waals surface area contributed by atoms with Crippen molar-refractivity contribution in [2.75, 3.05) is 12.1 Å². The molecule has 166 valence electrons. The maximum atomic E-state index is 13.1. The van der Waals surface area contributed by atoms with Crippen molar-refractivity contribution in [1.82, 2.24) is 15.5 Å². The number of hydrogen-bond donors (Lipinski definition) is 2. The lowest BCUT2D eigenvalue weighted by molar-refractivity contribution is -0.119. The summed E-state index contributed by atoms with van der Waals surface area (Å²) in [6, 6.07) is 9.79. The number of anilines is 1. The van der Waals surface area contributed by atoms with Gasteiger partial charge in [-0.05, 0) is 48.4 Å². The first-order valence-electron chi connectivity index (χ1n) is 10.1. The molecule has 0 fully saturated rings. The molecule has 0 aliphatic carbocycles. The number of ether oxygens (including phenoxy) is 2. The number of nitrogens with one attached hydrogen (secondary N) is 2. The molecule has 0 spiro atoms. The van der Waals surface area contributed by atoms with Crippen molar-refractivity contribution >= 4 is 28.3 Å². The lowest BCUT2D eigenvalue weighted by Crippen LogP contribution is -2.47. The minimum atomic E-state index is -0.796. The van der Waals surface area contributed by atoms with E-state index >= 15 is 0 Å². The van der Waals surface area contributed by atoms with Gasteiger partial charge in [0.05, 0.1) is 0 Å². The highest BCUT2D eigenvalue weighted by molar-refractivity contribution is 7.18. The van der Waals surface area contributed by atoms with E-state index in [2.05, 4.69) is 20.8 Å². The van der Waals surface area contributed by atoms with E-state index in [0.29, 0.717) is 28.1 Å². The van der Waals surface area contributed by atoms with Crippen LogP contribution in [0, 0.1) is 11.7 Å². The molecule has 2 amide bonds. The smallest absolute Gasteiger partial charge is 0.251 e. The number of carbonyl (C=O) groups excluding carboxylic acids is 2. The first-order chi connectivity index (χ1) is 15.4. The maximum Gasteiger partial charge on any atom is 0.251 e. The Labute approximate surface area is 187 Å². The molecule has 2 aromatic carbocycles. The van der Waals surface area contributed by atoms with Gasteiger partial charge >= 0.3 is 0 Å². The van der Waals surface area contributed by atoms with Gasteiger partial charge in [-0.25, -0.2) is 4.39 Å². The molecule has 32 heavy (non-hydrogen) atoms. The van der Waals surface area contributed by atoms with Crippen molar-refractivity contribution in [2.45, 2.75) is 26.3 Å². The minimum Gasteiger partial charge on any atom is -0.454 e. The number of benzene rings is 2. The molecule has 1 aliphatic rings. The van der Waals surface area contributed by atoms with Crippen molar-refractivity contribution < 1.29 is 23.5 Å². The normalized spacial score (nSPS) is 14.0. The minimum absolute atomic E-state index is 0.138. The maximum absolute atomic E-state index is 13.1. The van der Waals surface area contributed by atoms with Gasteiger partial charge < -0.3 is 14.8 Å². The highest BCUT2D eigenvalue weighted by Crippen LogP contribution is 2.37. The Morgan fingerprint density at radius 3 is 2.62 bits per heavy atom. The third-order valence-electron chi connectivity index (χ3n) is 5.16. The zero-order valence-electron chi connectivity index (χ0n) is 17.4. The number of halogens is 1. The Morgan fingerprint density at radius 2 is 1.88 bits per heavy atom. The summed E-state index contributed by atoms with van der Waals surface area (Å²) in [5.41, 5.74) is 1.06. The topological polar surface area (TPSA) is 102 Å². The second kappa shape index (κ2) is 9.31. The molecule has 8 nitrogen and oxygen atoms in total. The average molecular weight is 456 g/mol. The predicted molar refractivity (Wildman–Crippen MR) is 117 cm³/mol. The van der Waals surface area contributed by atoms with Gasteiger partial charge in [0.1, 0.15) is 16.9 Å². The molecule has 10 heteroatoms. The Balaban J connectivity index is 1.46. The monoisotopic (exact) mass is 456 g/mol. The highest BCUT2D eigenvalue weighted by atomic mass is 32.1. The summed E-state index contributed by atoms with van der Waals surface area (Å²) in [5.74, 6) is -0.136. The van der Waals surface area contributed by atoms with E-state index in [1.165, 1.54) is 35.6 Å². The first kappa shape index (κ1) is 21.7. The summed E-state index contributed by atoms with van der Waals surface area (Å²) in [5, 5.41) is 14.6. The van der Waals surface area contributed by atoms with E-state index in [1.807, 2.05) is 19.9 Å². The molecule has 3 aromatic rings. The van der Waals surface area contributed by atoms with Gasteiger partial charge in [-0.1, -0.05) is 31.6 Å². The first-order valence-corrected chi connectivity index (χ1v) is 10.9. The van der Waals surface area contributed by atoms with Crippen LogP contribution in [0.2, 0.25) is 0 Å². The summed E-state index contributed by atoms with van der Waals surface area (Å²) in [7, 11) is 0. The van der Waals surface area contributed by atoms with Crippen LogP contribution in [0.15, 0.2) is 42.5 Å².